The van der Waals surface area contributed by atoms with E-state index in [1.54, 1.807) is 18.2 Å². The predicted octanol–water partition coefficient (Wildman–Crippen LogP) is 3.98. The molecule has 0 aliphatic rings. The zero-order valence-electron chi connectivity index (χ0n) is 13.9. The van der Waals surface area contributed by atoms with Gasteiger partial charge in [0.2, 0.25) is 5.75 Å². The monoisotopic (exact) mass is 494 g/mol. The smallest absolute Gasteiger partial charge is 0.312 e. The lowest BCUT2D eigenvalue weighted by molar-refractivity contribution is -0.385. The van der Waals surface area contributed by atoms with Crippen molar-refractivity contribution in [1.82, 2.24) is 9.66 Å². The van der Waals surface area contributed by atoms with Crippen LogP contribution in [0.4, 0.5) is 5.69 Å². The maximum atomic E-state index is 12.8. The third-order valence-electron chi connectivity index (χ3n) is 3.78. The van der Waals surface area contributed by atoms with E-state index in [1.165, 1.54) is 18.3 Å². The van der Waals surface area contributed by atoms with Gasteiger partial charge in [-0.2, -0.15) is 9.78 Å². The lowest BCUT2D eigenvalue weighted by Gasteiger charge is -2.08. The maximum absolute atomic E-state index is 12.8. The molecule has 0 atom stereocenters. The molecular weight excluding hydrogens is 484 g/mol. The summed E-state index contributed by atoms with van der Waals surface area (Å²) in [4.78, 5) is 27.6. The number of halogens is 2. The number of benzene rings is 2. The Balaban J connectivity index is 2.18. The van der Waals surface area contributed by atoms with Crippen molar-refractivity contribution in [2.24, 2.45) is 5.10 Å². The van der Waals surface area contributed by atoms with Crippen molar-refractivity contribution in [3.8, 4) is 5.75 Å². The summed E-state index contributed by atoms with van der Waals surface area (Å²) < 4.78 is 2.26. The molecule has 0 aliphatic carbocycles. The van der Waals surface area contributed by atoms with Crippen molar-refractivity contribution in [2.75, 3.05) is 0 Å². The molecule has 8 nitrogen and oxygen atoms in total. The number of nitro benzene ring substituents is 1. The SMILES string of the molecule is CCc1nc2ccc(Br)cc2c(=O)n1N=Cc1cc(Br)cc([N+](=O)[O-])c1O. The normalized spacial score (nSPS) is 11.4. The first-order chi connectivity index (χ1) is 12.8. The van der Waals surface area contributed by atoms with Crippen LogP contribution in [-0.2, 0) is 6.42 Å². The number of aromatic nitrogens is 2. The number of phenolic OH excluding ortho intramolecular Hbond substituents is 1. The molecule has 0 saturated carbocycles. The molecule has 0 fully saturated rings. The molecule has 0 bridgehead atoms. The fraction of sp³-hybridized carbons (Fsp3) is 0.118. The maximum Gasteiger partial charge on any atom is 0.312 e. The number of aryl methyl sites for hydroxylation is 1. The Morgan fingerprint density at radius 1 is 1.30 bits per heavy atom. The van der Waals surface area contributed by atoms with Crippen LogP contribution in [0.15, 0.2) is 49.2 Å². The van der Waals surface area contributed by atoms with Gasteiger partial charge in [0.1, 0.15) is 5.82 Å². The van der Waals surface area contributed by atoms with Gasteiger partial charge >= 0.3 is 5.69 Å². The highest BCUT2D eigenvalue weighted by molar-refractivity contribution is 9.10. The van der Waals surface area contributed by atoms with Crippen molar-refractivity contribution >= 4 is 54.7 Å². The van der Waals surface area contributed by atoms with E-state index in [0.29, 0.717) is 27.6 Å². The highest BCUT2D eigenvalue weighted by atomic mass is 79.9. The topological polar surface area (TPSA) is 111 Å². The van der Waals surface area contributed by atoms with Crippen LogP contribution in [0.25, 0.3) is 10.9 Å². The van der Waals surface area contributed by atoms with Crippen LogP contribution >= 0.6 is 31.9 Å². The summed E-state index contributed by atoms with van der Waals surface area (Å²) in [6.45, 7) is 1.83. The Labute approximate surface area is 169 Å². The second-order valence-electron chi connectivity index (χ2n) is 5.52. The number of nitro groups is 1. The number of hydrogen-bond acceptors (Lipinski definition) is 6. The van der Waals surface area contributed by atoms with Crippen LogP contribution in [0.1, 0.15) is 18.3 Å². The van der Waals surface area contributed by atoms with Gasteiger partial charge < -0.3 is 5.11 Å². The van der Waals surface area contributed by atoms with Crippen molar-refractivity contribution in [3.05, 3.63) is 71.1 Å². The fourth-order valence-corrected chi connectivity index (χ4v) is 3.33. The van der Waals surface area contributed by atoms with Gasteiger partial charge in [-0.25, -0.2) is 4.98 Å². The molecule has 10 heteroatoms. The molecule has 27 heavy (non-hydrogen) atoms. The number of aromatic hydroxyl groups is 1. The van der Waals surface area contributed by atoms with Gasteiger partial charge in [0.05, 0.1) is 22.0 Å². The van der Waals surface area contributed by atoms with E-state index in [2.05, 4.69) is 41.9 Å². The number of fused-ring (bicyclic) bond motifs is 1. The van der Waals surface area contributed by atoms with E-state index in [0.717, 1.165) is 9.15 Å². The van der Waals surface area contributed by atoms with E-state index < -0.39 is 16.4 Å². The first-order valence-corrected chi connectivity index (χ1v) is 9.33. The molecule has 0 unspecified atom stereocenters. The number of hydrogen-bond donors (Lipinski definition) is 1. The summed E-state index contributed by atoms with van der Waals surface area (Å²) in [5.74, 6) is -0.107. The van der Waals surface area contributed by atoms with Crippen LogP contribution < -0.4 is 5.56 Å². The highest BCUT2D eigenvalue weighted by Crippen LogP contribution is 2.32. The predicted molar refractivity (Wildman–Crippen MR) is 109 cm³/mol. The zero-order valence-corrected chi connectivity index (χ0v) is 17.1. The van der Waals surface area contributed by atoms with Crippen molar-refractivity contribution in [1.29, 1.82) is 0 Å². The molecule has 0 saturated heterocycles. The highest BCUT2D eigenvalue weighted by Gasteiger charge is 2.18. The number of phenols is 1. The Morgan fingerprint density at radius 3 is 2.70 bits per heavy atom. The third-order valence-corrected chi connectivity index (χ3v) is 4.74. The summed E-state index contributed by atoms with van der Waals surface area (Å²) >= 11 is 6.49. The van der Waals surface area contributed by atoms with Crippen LogP contribution in [0, 0.1) is 10.1 Å². The molecule has 138 valence electrons. The molecule has 1 aromatic heterocycles. The van der Waals surface area contributed by atoms with Gasteiger partial charge in [-0.3, -0.25) is 14.9 Å². The molecule has 0 aliphatic heterocycles. The van der Waals surface area contributed by atoms with Gasteiger partial charge in [-0.15, -0.1) is 0 Å². The molecule has 0 radical (unpaired) electrons. The van der Waals surface area contributed by atoms with E-state index in [-0.39, 0.29) is 11.1 Å². The Hall–Kier alpha value is -2.59. The minimum Gasteiger partial charge on any atom is -0.502 e. The number of nitrogens with zero attached hydrogens (tertiary/aromatic N) is 4. The van der Waals surface area contributed by atoms with E-state index in [9.17, 15) is 20.0 Å². The first-order valence-electron chi connectivity index (χ1n) is 7.74. The second kappa shape index (κ2) is 7.57. The average Bonchev–Trinajstić information content (AvgIpc) is 2.63. The van der Waals surface area contributed by atoms with E-state index in [4.69, 9.17) is 0 Å². The van der Waals surface area contributed by atoms with Gasteiger partial charge in [0.25, 0.3) is 5.56 Å². The summed E-state index contributed by atoms with van der Waals surface area (Å²) in [7, 11) is 0. The fourth-order valence-electron chi connectivity index (χ4n) is 2.51. The summed E-state index contributed by atoms with van der Waals surface area (Å²) in [6, 6.07) is 7.83. The number of rotatable bonds is 4. The van der Waals surface area contributed by atoms with Crippen molar-refractivity contribution in [3.63, 3.8) is 0 Å². The molecule has 1 heterocycles. The van der Waals surface area contributed by atoms with Crippen LogP contribution in [-0.4, -0.2) is 25.9 Å². The lowest BCUT2D eigenvalue weighted by atomic mass is 10.2. The summed E-state index contributed by atoms with van der Waals surface area (Å²) in [5, 5.41) is 25.7. The minimum atomic E-state index is -0.698. The van der Waals surface area contributed by atoms with E-state index in [1.807, 2.05) is 6.92 Å². The Morgan fingerprint density at radius 2 is 2.04 bits per heavy atom. The van der Waals surface area contributed by atoms with Gasteiger partial charge in [-0.05, 0) is 24.3 Å². The Kier molecular flexibility index (Phi) is 5.38. The van der Waals surface area contributed by atoms with Crippen molar-refractivity contribution in [2.45, 2.75) is 13.3 Å². The zero-order chi connectivity index (χ0) is 19.7. The van der Waals surface area contributed by atoms with Crippen LogP contribution in [0.3, 0.4) is 0 Å². The first kappa shape index (κ1) is 19.2. The minimum absolute atomic E-state index is 0.0966. The molecule has 0 spiro atoms. The molecule has 0 amide bonds. The second-order valence-corrected chi connectivity index (χ2v) is 7.36. The molecular formula is C17H12Br2N4O4. The van der Waals surface area contributed by atoms with E-state index >= 15 is 0 Å². The van der Waals surface area contributed by atoms with Gasteiger partial charge in [0, 0.05) is 27.0 Å². The molecule has 3 aromatic rings. The molecule has 3 rings (SSSR count). The van der Waals surface area contributed by atoms with Crippen LogP contribution in [0.2, 0.25) is 0 Å². The van der Waals surface area contributed by atoms with Crippen LogP contribution in [0.5, 0.6) is 5.75 Å². The average molecular weight is 496 g/mol. The summed E-state index contributed by atoms with van der Waals surface area (Å²) in [5.41, 5.74) is -0.195. The molecule has 1 N–H and O–H groups in total. The molecule has 2 aromatic carbocycles. The third kappa shape index (κ3) is 3.76. The quantitative estimate of drug-likeness (QED) is 0.334. The largest absolute Gasteiger partial charge is 0.502 e. The van der Waals surface area contributed by atoms with Crippen molar-refractivity contribution < 1.29 is 10.0 Å². The Bertz CT molecular complexity index is 1160. The summed E-state index contributed by atoms with van der Waals surface area (Å²) in [6.07, 6.45) is 1.64. The standard InChI is InChI=1S/C17H12Br2N4O4/c1-2-15-21-13-4-3-10(18)6-12(13)17(25)22(15)20-8-9-5-11(19)7-14(16(9)24)23(26)27/h3-8,24H,2H2,1H3. The lowest BCUT2D eigenvalue weighted by Crippen LogP contribution is -2.22. The van der Waals surface area contributed by atoms with Gasteiger partial charge in [0.15, 0.2) is 0 Å². The van der Waals surface area contributed by atoms with Gasteiger partial charge in [-0.1, -0.05) is 38.8 Å².